The number of rotatable bonds is 10. The molecule has 0 saturated carbocycles. The van der Waals surface area contributed by atoms with Gasteiger partial charge < -0.3 is 19.3 Å². The van der Waals surface area contributed by atoms with E-state index in [1.807, 2.05) is 0 Å². The average molecular weight is 298 g/mol. The fraction of sp³-hybridized carbons (Fsp3) is 0.357. The van der Waals surface area contributed by atoms with Crippen molar-refractivity contribution in [3.8, 4) is 0 Å². The van der Waals surface area contributed by atoms with E-state index < -0.39 is 36.4 Å². The second kappa shape index (κ2) is 9.49. The summed E-state index contributed by atoms with van der Waals surface area (Å²) in [6, 6.07) is 0. The van der Waals surface area contributed by atoms with Gasteiger partial charge in [0.1, 0.15) is 13.2 Å². The van der Waals surface area contributed by atoms with Crippen LogP contribution in [-0.4, -0.2) is 41.8 Å². The monoisotopic (exact) mass is 298 g/mol. The van der Waals surface area contributed by atoms with E-state index in [4.69, 9.17) is 0 Å². The van der Waals surface area contributed by atoms with Gasteiger partial charge in [0.25, 0.3) is 0 Å². The first kappa shape index (κ1) is 18.6. The van der Waals surface area contributed by atoms with E-state index >= 15 is 0 Å². The summed E-state index contributed by atoms with van der Waals surface area (Å²) in [6.45, 7) is 9.59. The highest BCUT2D eigenvalue weighted by Crippen LogP contribution is 2.20. The quantitative estimate of drug-likeness (QED) is 0.273. The lowest BCUT2D eigenvalue weighted by Gasteiger charge is -2.23. The number of aliphatic hydroxyl groups is 1. The molecule has 0 aliphatic carbocycles. The van der Waals surface area contributed by atoms with Crippen LogP contribution in [0.3, 0.4) is 0 Å². The van der Waals surface area contributed by atoms with E-state index in [1.54, 1.807) is 0 Å². The molecule has 0 aromatic heterocycles. The highest BCUT2D eigenvalue weighted by molar-refractivity contribution is 5.90. The van der Waals surface area contributed by atoms with Crippen molar-refractivity contribution in [3.05, 3.63) is 38.2 Å². The zero-order valence-corrected chi connectivity index (χ0v) is 11.6. The van der Waals surface area contributed by atoms with Gasteiger partial charge in [-0.3, -0.25) is 9.59 Å². The van der Waals surface area contributed by atoms with Gasteiger partial charge in [0.15, 0.2) is 5.60 Å². The normalized spacial score (nSPS) is 12.4. The number of carbonyl (C=O) groups is 3. The fourth-order valence-electron chi connectivity index (χ4n) is 1.29. The van der Waals surface area contributed by atoms with Gasteiger partial charge in [-0.1, -0.05) is 31.9 Å². The van der Waals surface area contributed by atoms with Gasteiger partial charge in [0.05, 0.1) is 19.1 Å². The molecular formula is C14H18O7. The van der Waals surface area contributed by atoms with Gasteiger partial charge in [-0.15, -0.1) is 0 Å². The number of hydrogen-bond acceptors (Lipinski definition) is 7. The van der Waals surface area contributed by atoms with E-state index in [-0.39, 0.29) is 13.2 Å². The predicted molar refractivity (Wildman–Crippen MR) is 72.8 cm³/mol. The summed E-state index contributed by atoms with van der Waals surface area (Å²) in [4.78, 5) is 34.7. The van der Waals surface area contributed by atoms with Crippen LogP contribution in [0.25, 0.3) is 0 Å². The molecule has 1 atom stereocenters. The van der Waals surface area contributed by atoms with Gasteiger partial charge in [-0.2, -0.15) is 0 Å². The van der Waals surface area contributed by atoms with E-state index in [2.05, 4.69) is 33.9 Å². The Labute approximate surface area is 122 Å². The molecule has 0 aromatic rings. The van der Waals surface area contributed by atoms with Crippen molar-refractivity contribution >= 4 is 17.9 Å². The van der Waals surface area contributed by atoms with Crippen LogP contribution in [-0.2, 0) is 28.6 Å². The third kappa shape index (κ3) is 7.07. The zero-order chi connectivity index (χ0) is 16.3. The summed E-state index contributed by atoms with van der Waals surface area (Å²) >= 11 is 0. The Morgan fingerprint density at radius 3 is 2.00 bits per heavy atom. The van der Waals surface area contributed by atoms with Crippen LogP contribution in [0.4, 0.5) is 0 Å². The molecule has 0 aromatic carbocycles. The molecule has 21 heavy (non-hydrogen) atoms. The molecule has 0 aliphatic rings. The van der Waals surface area contributed by atoms with Crippen LogP contribution in [0.15, 0.2) is 38.2 Å². The molecule has 0 saturated heterocycles. The standard InChI is InChI=1S/C14H18O7/c1-4-7-20-12(16)10-14(18,9-11(15)19-6-3)13(17)21-8-5-2/h4-6,18H,1-3,7-10H2. The first-order valence-electron chi connectivity index (χ1n) is 5.97. The number of carbonyl (C=O) groups excluding carboxylic acids is 3. The second-order valence-corrected chi connectivity index (χ2v) is 3.90. The van der Waals surface area contributed by atoms with Crippen molar-refractivity contribution in [2.24, 2.45) is 0 Å². The molecule has 0 aliphatic heterocycles. The summed E-state index contributed by atoms with van der Waals surface area (Å²) in [6.07, 6.45) is 1.89. The summed E-state index contributed by atoms with van der Waals surface area (Å²) < 4.78 is 13.8. The topological polar surface area (TPSA) is 99.1 Å². The molecule has 0 heterocycles. The summed E-state index contributed by atoms with van der Waals surface area (Å²) in [5, 5.41) is 10.2. The Bertz CT molecular complexity index is 427. The van der Waals surface area contributed by atoms with E-state index in [0.717, 1.165) is 6.26 Å². The van der Waals surface area contributed by atoms with E-state index in [9.17, 15) is 19.5 Å². The van der Waals surface area contributed by atoms with Gasteiger partial charge in [-0.05, 0) is 0 Å². The number of esters is 3. The molecule has 116 valence electrons. The highest BCUT2D eigenvalue weighted by Gasteiger charge is 2.43. The molecule has 0 amide bonds. The number of hydrogen-bond donors (Lipinski definition) is 1. The minimum absolute atomic E-state index is 0.0896. The zero-order valence-electron chi connectivity index (χ0n) is 11.6. The largest absolute Gasteiger partial charge is 0.461 e. The average Bonchev–Trinajstić information content (AvgIpc) is 2.42. The van der Waals surface area contributed by atoms with Crippen molar-refractivity contribution in [1.82, 2.24) is 0 Å². The Morgan fingerprint density at radius 2 is 1.48 bits per heavy atom. The molecular weight excluding hydrogens is 280 g/mol. The van der Waals surface area contributed by atoms with Gasteiger partial charge in [0, 0.05) is 0 Å². The molecule has 0 rings (SSSR count). The summed E-state index contributed by atoms with van der Waals surface area (Å²) in [5.74, 6) is -2.99. The molecule has 0 radical (unpaired) electrons. The minimum Gasteiger partial charge on any atom is -0.461 e. The maximum atomic E-state index is 11.8. The van der Waals surface area contributed by atoms with Crippen molar-refractivity contribution in [3.63, 3.8) is 0 Å². The predicted octanol–water partition coefficient (Wildman–Crippen LogP) is 0.643. The SMILES string of the molecule is C=CCOC(=O)CC(O)(CC(=O)OC=C)C(=O)OCC=C. The molecule has 7 nitrogen and oxygen atoms in total. The molecule has 1 unspecified atom stereocenters. The maximum Gasteiger partial charge on any atom is 0.339 e. The van der Waals surface area contributed by atoms with E-state index in [0.29, 0.717) is 0 Å². The molecule has 1 N–H and O–H groups in total. The summed E-state index contributed by atoms with van der Waals surface area (Å²) in [5.41, 5.74) is -2.39. The minimum atomic E-state index is -2.39. The Kier molecular flexibility index (Phi) is 8.40. The molecule has 7 heteroatoms. The van der Waals surface area contributed by atoms with Crippen molar-refractivity contribution in [1.29, 1.82) is 0 Å². The first-order valence-corrected chi connectivity index (χ1v) is 5.97. The van der Waals surface area contributed by atoms with Gasteiger partial charge in [-0.25, -0.2) is 4.79 Å². The number of ether oxygens (including phenoxy) is 3. The van der Waals surface area contributed by atoms with Crippen LogP contribution >= 0.6 is 0 Å². The van der Waals surface area contributed by atoms with Crippen LogP contribution in [0.5, 0.6) is 0 Å². The van der Waals surface area contributed by atoms with Crippen LogP contribution < -0.4 is 0 Å². The van der Waals surface area contributed by atoms with Gasteiger partial charge in [0.2, 0.25) is 0 Å². The lowest BCUT2D eigenvalue weighted by atomic mass is 9.95. The molecule has 0 spiro atoms. The Morgan fingerprint density at radius 1 is 0.952 bits per heavy atom. The summed E-state index contributed by atoms with van der Waals surface area (Å²) in [7, 11) is 0. The Hall–Kier alpha value is -2.41. The van der Waals surface area contributed by atoms with Crippen LogP contribution in [0.2, 0.25) is 0 Å². The van der Waals surface area contributed by atoms with Gasteiger partial charge >= 0.3 is 17.9 Å². The third-order valence-electron chi connectivity index (χ3n) is 2.16. The van der Waals surface area contributed by atoms with E-state index in [1.165, 1.54) is 12.2 Å². The lowest BCUT2D eigenvalue weighted by molar-refractivity contribution is -0.175. The Balaban J connectivity index is 4.95. The molecule has 0 fully saturated rings. The van der Waals surface area contributed by atoms with Crippen LogP contribution in [0.1, 0.15) is 12.8 Å². The fourth-order valence-corrected chi connectivity index (χ4v) is 1.29. The molecule has 0 bridgehead atoms. The van der Waals surface area contributed by atoms with Crippen molar-refractivity contribution in [2.45, 2.75) is 18.4 Å². The van der Waals surface area contributed by atoms with Crippen molar-refractivity contribution < 1.29 is 33.7 Å². The van der Waals surface area contributed by atoms with Crippen molar-refractivity contribution in [2.75, 3.05) is 13.2 Å². The van der Waals surface area contributed by atoms with Crippen LogP contribution in [0, 0.1) is 0 Å². The lowest BCUT2D eigenvalue weighted by Crippen LogP contribution is -2.44. The second-order valence-electron chi connectivity index (χ2n) is 3.90. The highest BCUT2D eigenvalue weighted by atomic mass is 16.6. The third-order valence-corrected chi connectivity index (χ3v) is 2.16. The smallest absolute Gasteiger partial charge is 0.339 e. The first-order chi connectivity index (χ1) is 9.89. The maximum absolute atomic E-state index is 11.8.